The van der Waals surface area contributed by atoms with Crippen LogP contribution < -0.4 is 14.8 Å². The van der Waals surface area contributed by atoms with Crippen molar-refractivity contribution in [2.24, 2.45) is 0 Å². The largest absolute Gasteiger partial charge is 0.490 e. The Bertz CT molecular complexity index is 598. The van der Waals surface area contributed by atoms with Gasteiger partial charge in [-0.1, -0.05) is 48.3 Å². The zero-order chi connectivity index (χ0) is 20.6. The average molecular weight is 430 g/mol. The maximum Gasteiger partial charge on any atom is 0.304 e. The van der Waals surface area contributed by atoms with Gasteiger partial charge in [-0.15, -0.1) is 0 Å². The molecule has 1 rings (SSSR count). The van der Waals surface area contributed by atoms with Crippen LogP contribution >= 0.6 is 21.6 Å². The van der Waals surface area contributed by atoms with E-state index in [0.29, 0.717) is 48.3 Å². The van der Waals surface area contributed by atoms with Crippen molar-refractivity contribution in [3.8, 4) is 11.5 Å². The highest BCUT2D eigenvalue weighted by Crippen LogP contribution is 2.29. The summed E-state index contributed by atoms with van der Waals surface area (Å²) in [5.74, 6) is 1.61. The Morgan fingerprint density at radius 2 is 1.64 bits per heavy atom. The minimum absolute atomic E-state index is 0.150. The zero-order valence-corrected chi connectivity index (χ0v) is 18.3. The van der Waals surface area contributed by atoms with Crippen LogP contribution in [0.4, 0.5) is 0 Å². The Morgan fingerprint density at radius 1 is 1.00 bits per heavy atom. The van der Waals surface area contributed by atoms with Crippen molar-refractivity contribution in [2.45, 2.75) is 46.0 Å². The number of carbonyl (C=O) groups is 2. The van der Waals surface area contributed by atoms with Crippen LogP contribution in [0.15, 0.2) is 18.2 Å². The molecule has 0 radical (unpaired) electrons. The first-order valence-electron chi connectivity index (χ1n) is 9.72. The maximum absolute atomic E-state index is 12.4. The molecule has 1 aromatic carbocycles. The Morgan fingerprint density at radius 3 is 2.29 bits per heavy atom. The van der Waals surface area contributed by atoms with Gasteiger partial charge in [-0.05, 0) is 31.0 Å². The normalized spacial score (nSPS) is 10.5. The van der Waals surface area contributed by atoms with Crippen molar-refractivity contribution >= 4 is 33.5 Å². The van der Waals surface area contributed by atoms with Crippen molar-refractivity contribution in [1.82, 2.24) is 5.32 Å². The molecule has 0 saturated carbocycles. The number of amides is 1. The topological polar surface area (TPSA) is 84.9 Å². The number of aliphatic carboxylic acids is 1. The third-order valence-corrected chi connectivity index (χ3v) is 6.08. The van der Waals surface area contributed by atoms with Gasteiger partial charge in [-0.2, -0.15) is 0 Å². The first kappa shape index (κ1) is 24.5. The van der Waals surface area contributed by atoms with Crippen LogP contribution in [0.5, 0.6) is 11.5 Å². The van der Waals surface area contributed by atoms with Crippen molar-refractivity contribution in [2.75, 3.05) is 31.3 Å². The smallest absolute Gasteiger partial charge is 0.304 e. The highest BCUT2D eigenvalue weighted by Gasteiger charge is 2.12. The van der Waals surface area contributed by atoms with Gasteiger partial charge in [0.1, 0.15) is 0 Å². The molecular formula is C20H31NO5S2. The average Bonchev–Trinajstić information content (AvgIpc) is 2.68. The van der Waals surface area contributed by atoms with E-state index in [0.717, 1.165) is 25.7 Å². The summed E-state index contributed by atoms with van der Waals surface area (Å²) in [7, 11) is 3.06. The summed E-state index contributed by atoms with van der Waals surface area (Å²) in [4.78, 5) is 22.8. The molecule has 0 unspecified atom stereocenters. The van der Waals surface area contributed by atoms with Gasteiger partial charge in [0, 0.05) is 23.6 Å². The Hall–Kier alpha value is -1.54. The predicted octanol–water partition coefficient (Wildman–Crippen LogP) is 4.63. The maximum atomic E-state index is 12.4. The lowest BCUT2D eigenvalue weighted by Crippen LogP contribution is -2.25. The number of benzene rings is 1. The number of ether oxygens (including phenoxy) is 2. The minimum Gasteiger partial charge on any atom is -0.490 e. The molecule has 0 saturated heterocycles. The molecule has 0 atom stereocenters. The molecule has 0 spiro atoms. The lowest BCUT2D eigenvalue weighted by molar-refractivity contribution is -0.136. The van der Waals surface area contributed by atoms with Gasteiger partial charge in [-0.25, -0.2) is 0 Å². The number of rotatable bonds is 16. The molecule has 1 amide bonds. The Labute approximate surface area is 175 Å². The molecule has 0 bridgehead atoms. The molecule has 1 aromatic rings. The molecule has 6 nitrogen and oxygen atoms in total. The van der Waals surface area contributed by atoms with Crippen molar-refractivity contribution < 1.29 is 24.2 Å². The first-order valence-corrected chi connectivity index (χ1v) is 12.2. The van der Waals surface area contributed by atoms with Crippen LogP contribution in [0.3, 0.4) is 0 Å². The van der Waals surface area contributed by atoms with Crippen LogP contribution in [0.1, 0.15) is 56.3 Å². The van der Waals surface area contributed by atoms with Crippen LogP contribution in [-0.4, -0.2) is 48.2 Å². The molecule has 2 N–H and O–H groups in total. The van der Waals surface area contributed by atoms with E-state index >= 15 is 0 Å². The fourth-order valence-corrected chi connectivity index (χ4v) is 3.98. The van der Waals surface area contributed by atoms with Crippen LogP contribution in [-0.2, 0) is 4.79 Å². The second-order valence-corrected chi connectivity index (χ2v) is 8.81. The molecule has 28 heavy (non-hydrogen) atoms. The molecule has 0 aliphatic rings. The number of unbranched alkanes of at least 4 members (excludes halogenated alkanes) is 2. The van der Waals surface area contributed by atoms with Crippen molar-refractivity contribution in [3.63, 3.8) is 0 Å². The molecule has 0 aliphatic carbocycles. The minimum atomic E-state index is -0.791. The summed E-state index contributed by atoms with van der Waals surface area (Å²) < 4.78 is 11.6. The third kappa shape index (κ3) is 10.7. The highest BCUT2D eigenvalue weighted by atomic mass is 33.1. The summed E-state index contributed by atoms with van der Waals surface area (Å²) in [6.07, 6.45) is 4.16. The molecular weight excluding hydrogens is 398 g/mol. The van der Waals surface area contributed by atoms with Gasteiger partial charge in [0.2, 0.25) is 0 Å². The van der Waals surface area contributed by atoms with Gasteiger partial charge < -0.3 is 19.9 Å². The van der Waals surface area contributed by atoms with Gasteiger partial charge in [0.05, 0.1) is 19.6 Å². The SMILES string of the molecule is CCCCOc1ccc(C(=O)NCCSSCCC(=O)O)cc1OCCCC. The molecule has 0 aliphatic heterocycles. The number of nitrogens with one attached hydrogen (secondary N) is 1. The molecule has 158 valence electrons. The van der Waals surface area contributed by atoms with Crippen molar-refractivity contribution in [3.05, 3.63) is 23.8 Å². The number of carboxylic acids is 1. The summed E-state index contributed by atoms with van der Waals surface area (Å²) in [5.41, 5.74) is 0.540. The number of carboxylic acid groups (broad SMARTS) is 1. The summed E-state index contributed by atoms with van der Waals surface area (Å²) in [5, 5.41) is 11.5. The lowest BCUT2D eigenvalue weighted by atomic mass is 10.2. The van der Waals surface area contributed by atoms with E-state index in [1.165, 1.54) is 10.8 Å². The third-order valence-electron chi connectivity index (χ3n) is 3.67. The van der Waals surface area contributed by atoms with E-state index in [-0.39, 0.29) is 12.3 Å². The van der Waals surface area contributed by atoms with E-state index in [1.54, 1.807) is 29.0 Å². The summed E-state index contributed by atoms with van der Waals surface area (Å²) in [6.45, 7) is 5.95. The summed E-state index contributed by atoms with van der Waals surface area (Å²) in [6, 6.07) is 5.28. The second-order valence-electron chi connectivity index (χ2n) is 6.11. The van der Waals surface area contributed by atoms with Crippen LogP contribution in [0, 0.1) is 0 Å². The Kier molecular flexibility index (Phi) is 13.5. The highest BCUT2D eigenvalue weighted by molar-refractivity contribution is 8.76. The van der Waals surface area contributed by atoms with Gasteiger partial charge in [0.15, 0.2) is 11.5 Å². The quantitative estimate of drug-likeness (QED) is 0.293. The van der Waals surface area contributed by atoms with Crippen LogP contribution in [0.25, 0.3) is 0 Å². The van der Waals surface area contributed by atoms with E-state index in [4.69, 9.17) is 14.6 Å². The fraction of sp³-hybridized carbons (Fsp3) is 0.600. The fourth-order valence-electron chi connectivity index (χ4n) is 2.09. The van der Waals surface area contributed by atoms with E-state index < -0.39 is 5.97 Å². The molecule has 0 heterocycles. The van der Waals surface area contributed by atoms with E-state index in [9.17, 15) is 9.59 Å². The van der Waals surface area contributed by atoms with Gasteiger partial charge in [-0.3, -0.25) is 9.59 Å². The number of hydrogen-bond acceptors (Lipinski definition) is 6. The van der Waals surface area contributed by atoms with Gasteiger partial charge in [0.25, 0.3) is 5.91 Å². The van der Waals surface area contributed by atoms with Crippen LogP contribution in [0.2, 0.25) is 0 Å². The standard InChI is InChI=1S/C20H31NO5S2/c1-3-5-11-25-17-8-7-16(15-18(17)26-12-6-4-2)20(24)21-10-14-28-27-13-9-19(22)23/h7-8,15H,3-6,9-14H2,1-2H3,(H,21,24)(H,22,23). The number of carbonyl (C=O) groups excluding carboxylic acids is 1. The first-order chi connectivity index (χ1) is 13.6. The van der Waals surface area contributed by atoms with E-state index in [2.05, 4.69) is 19.2 Å². The lowest BCUT2D eigenvalue weighted by Gasteiger charge is -2.14. The predicted molar refractivity (Wildman–Crippen MR) is 117 cm³/mol. The van der Waals surface area contributed by atoms with Gasteiger partial charge >= 0.3 is 5.97 Å². The number of hydrogen-bond donors (Lipinski definition) is 2. The Balaban J connectivity index is 2.51. The molecule has 0 aromatic heterocycles. The zero-order valence-electron chi connectivity index (χ0n) is 16.7. The van der Waals surface area contributed by atoms with Crippen molar-refractivity contribution in [1.29, 1.82) is 0 Å². The van der Waals surface area contributed by atoms with E-state index in [1.807, 2.05) is 0 Å². The second kappa shape index (κ2) is 15.4. The molecule has 0 fully saturated rings. The molecule has 8 heteroatoms. The summed E-state index contributed by atoms with van der Waals surface area (Å²) >= 11 is 0. The monoisotopic (exact) mass is 429 g/mol.